The van der Waals surface area contributed by atoms with E-state index in [0.717, 1.165) is 61.3 Å². The number of aromatic amines is 1. The average molecular weight is 429 g/mol. The Balaban J connectivity index is 1.23. The van der Waals surface area contributed by atoms with E-state index in [-0.39, 0.29) is 18.0 Å². The van der Waals surface area contributed by atoms with Gasteiger partial charge in [-0.2, -0.15) is 0 Å². The van der Waals surface area contributed by atoms with Crippen molar-refractivity contribution in [2.45, 2.75) is 12.8 Å². The maximum Gasteiger partial charge on any atom is 0.163 e. The Hall–Kier alpha value is -3.28. The van der Waals surface area contributed by atoms with Gasteiger partial charge in [0.15, 0.2) is 11.6 Å². The molecule has 0 unspecified atom stereocenters. The molecule has 1 aliphatic rings. The highest BCUT2D eigenvalue weighted by atomic mass is 16.5. The fraction of sp³-hybridized carbons (Fsp3) is 0.259. The number of ether oxygens (including phenoxy) is 1. The Kier molecular flexibility index (Phi) is 7.43. The maximum atomic E-state index is 12.2. The van der Waals surface area contributed by atoms with Gasteiger partial charge in [-0.05, 0) is 52.8 Å². The first kappa shape index (κ1) is 21.9. The Morgan fingerprint density at radius 2 is 1.59 bits per heavy atom. The van der Waals surface area contributed by atoms with E-state index in [9.17, 15) is 9.59 Å². The number of nitrogens with one attached hydrogen (secondary N) is 1. The third kappa shape index (κ3) is 6.36. The van der Waals surface area contributed by atoms with Crippen LogP contribution < -0.4 is 0 Å². The van der Waals surface area contributed by atoms with Crippen molar-refractivity contribution in [3.63, 3.8) is 0 Å². The molecule has 5 nitrogen and oxygen atoms in total. The monoisotopic (exact) mass is 428 g/mol. The van der Waals surface area contributed by atoms with Gasteiger partial charge in [0.25, 0.3) is 0 Å². The molecule has 1 aromatic heterocycles. The summed E-state index contributed by atoms with van der Waals surface area (Å²) in [6.45, 7) is 4.67. The second-order valence-corrected chi connectivity index (χ2v) is 8.05. The van der Waals surface area contributed by atoms with Gasteiger partial charge in [0.1, 0.15) is 0 Å². The number of H-pyrrole nitrogens is 1. The van der Waals surface area contributed by atoms with Crippen molar-refractivity contribution in [2.24, 2.45) is 0 Å². The van der Waals surface area contributed by atoms with Crippen LogP contribution in [0.3, 0.4) is 0 Å². The molecule has 0 atom stereocenters. The second kappa shape index (κ2) is 10.8. The molecule has 164 valence electrons. The fourth-order valence-electron chi connectivity index (χ4n) is 3.74. The molecule has 1 saturated heterocycles. The molecule has 2 heterocycles. The van der Waals surface area contributed by atoms with E-state index >= 15 is 0 Å². The molecule has 0 aliphatic carbocycles. The van der Waals surface area contributed by atoms with Gasteiger partial charge in [-0.1, -0.05) is 48.6 Å². The SMILES string of the molecule is O=C(/C=C/c1ccc(CCN2CCOCC2)cc1)CC(=O)/C=C/c1ccc2cc[nH]c2c1. The molecule has 5 heteroatoms. The summed E-state index contributed by atoms with van der Waals surface area (Å²) in [5.74, 6) is -0.402. The minimum absolute atomic E-state index is 0.130. The van der Waals surface area contributed by atoms with E-state index in [1.807, 2.05) is 42.6 Å². The Bertz CT molecular complexity index is 1120. The van der Waals surface area contributed by atoms with Crippen molar-refractivity contribution in [3.8, 4) is 0 Å². The zero-order chi connectivity index (χ0) is 22.2. The van der Waals surface area contributed by atoms with Crippen molar-refractivity contribution in [3.05, 3.63) is 83.6 Å². The molecular formula is C27H28N2O3. The minimum Gasteiger partial charge on any atom is -0.379 e. The van der Waals surface area contributed by atoms with Crippen LogP contribution in [0.4, 0.5) is 0 Å². The van der Waals surface area contributed by atoms with Crippen molar-refractivity contribution in [1.82, 2.24) is 9.88 Å². The lowest BCUT2D eigenvalue weighted by Gasteiger charge is -2.26. The third-order valence-corrected chi connectivity index (χ3v) is 5.65. The third-order valence-electron chi connectivity index (χ3n) is 5.65. The second-order valence-electron chi connectivity index (χ2n) is 8.05. The van der Waals surface area contributed by atoms with Crippen molar-refractivity contribution in [2.75, 3.05) is 32.8 Å². The first-order chi connectivity index (χ1) is 15.7. The van der Waals surface area contributed by atoms with Crippen LogP contribution in [0.25, 0.3) is 23.1 Å². The summed E-state index contributed by atoms with van der Waals surface area (Å²) >= 11 is 0. The predicted molar refractivity (Wildman–Crippen MR) is 128 cm³/mol. The summed E-state index contributed by atoms with van der Waals surface area (Å²) in [6, 6.07) is 16.1. The molecule has 2 aromatic carbocycles. The molecule has 4 rings (SSSR count). The number of ketones is 2. The van der Waals surface area contributed by atoms with Gasteiger partial charge < -0.3 is 9.72 Å². The van der Waals surface area contributed by atoms with Crippen LogP contribution in [0.2, 0.25) is 0 Å². The lowest BCUT2D eigenvalue weighted by Crippen LogP contribution is -2.37. The van der Waals surface area contributed by atoms with Crippen molar-refractivity contribution >= 4 is 34.6 Å². The summed E-state index contributed by atoms with van der Waals surface area (Å²) in [4.78, 5) is 29.9. The van der Waals surface area contributed by atoms with Gasteiger partial charge in [0, 0.05) is 31.3 Å². The van der Waals surface area contributed by atoms with Crippen molar-refractivity contribution < 1.29 is 14.3 Å². The number of carbonyl (C=O) groups excluding carboxylic acids is 2. The number of benzene rings is 2. The van der Waals surface area contributed by atoms with E-state index in [4.69, 9.17) is 4.74 Å². The largest absolute Gasteiger partial charge is 0.379 e. The lowest BCUT2D eigenvalue weighted by molar-refractivity contribution is -0.121. The molecule has 0 bridgehead atoms. The molecule has 3 aromatic rings. The molecule has 1 fully saturated rings. The first-order valence-corrected chi connectivity index (χ1v) is 11.0. The van der Waals surface area contributed by atoms with Gasteiger partial charge in [0.2, 0.25) is 0 Å². The molecule has 0 spiro atoms. The van der Waals surface area contributed by atoms with Crippen LogP contribution in [0, 0.1) is 0 Å². The molecule has 1 aliphatic heterocycles. The molecule has 32 heavy (non-hydrogen) atoms. The summed E-state index contributed by atoms with van der Waals surface area (Å²) in [5, 5.41) is 1.12. The lowest BCUT2D eigenvalue weighted by atomic mass is 10.1. The zero-order valence-electron chi connectivity index (χ0n) is 18.1. The van der Waals surface area contributed by atoms with E-state index in [0.29, 0.717) is 0 Å². The Morgan fingerprint density at radius 3 is 2.34 bits per heavy atom. The molecule has 0 amide bonds. The number of fused-ring (bicyclic) bond motifs is 1. The van der Waals surface area contributed by atoms with Gasteiger partial charge in [-0.25, -0.2) is 0 Å². The Labute approximate surface area is 188 Å². The van der Waals surface area contributed by atoms with E-state index in [1.54, 1.807) is 12.2 Å². The number of rotatable bonds is 9. The maximum absolute atomic E-state index is 12.2. The normalized spacial score (nSPS) is 15.1. The topological polar surface area (TPSA) is 62.4 Å². The summed E-state index contributed by atoms with van der Waals surface area (Å²) in [7, 11) is 0. The first-order valence-electron chi connectivity index (χ1n) is 11.0. The van der Waals surface area contributed by atoms with Gasteiger partial charge in [-0.15, -0.1) is 0 Å². The number of carbonyl (C=O) groups is 2. The summed E-state index contributed by atoms with van der Waals surface area (Å²) in [6.07, 6.45) is 9.22. The summed E-state index contributed by atoms with van der Waals surface area (Å²) < 4.78 is 5.38. The molecule has 1 N–H and O–H groups in total. The van der Waals surface area contributed by atoms with Crippen LogP contribution in [-0.4, -0.2) is 54.3 Å². The number of morpholine rings is 1. The number of allylic oxidation sites excluding steroid dienone is 2. The van der Waals surface area contributed by atoms with E-state index < -0.39 is 0 Å². The van der Waals surface area contributed by atoms with Crippen LogP contribution in [0.15, 0.2) is 66.9 Å². The van der Waals surface area contributed by atoms with Gasteiger partial charge in [0.05, 0.1) is 19.6 Å². The molecule has 0 saturated carbocycles. The van der Waals surface area contributed by atoms with Crippen LogP contribution >= 0.6 is 0 Å². The standard InChI is InChI=1S/C27H28N2O3/c30-25(20-26(31)10-7-23-5-8-24-11-13-28-27(24)19-23)9-6-21-1-3-22(4-2-21)12-14-29-15-17-32-18-16-29/h1-11,13,19,28H,12,14-18,20H2/b9-6+,10-7+. The van der Waals surface area contributed by atoms with Crippen molar-refractivity contribution in [1.29, 1.82) is 0 Å². The number of nitrogens with zero attached hydrogens (tertiary/aromatic N) is 1. The smallest absolute Gasteiger partial charge is 0.163 e. The average Bonchev–Trinajstić information content (AvgIpc) is 3.29. The predicted octanol–water partition coefficient (Wildman–Crippen LogP) is 4.30. The van der Waals surface area contributed by atoms with Gasteiger partial charge >= 0.3 is 0 Å². The van der Waals surface area contributed by atoms with Crippen LogP contribution in [0.1, 0.15) is 23.1 Å². The highest BCUT2D eigenvalue weighted by Crippen LogP contribution is 2.15. The number of hydrogen-bond acceptors (Lipinski definition) is 4. The minimum atomic E-state index is -0.204. The summed E-state index contributed by atoms with van der Waals surface area (Å²) in [5.41, 5.74) is 4.17. The number of hydrogen-bond donors (Lipinski definition) is 1. The Morgan fingerprint density at radius 1 is 0.906 bits per heavy atom. The van der Waals surface area contributed by atoms with E-state index in [2.05, 4.69) is 22.0 Å². The quantitative estimate of drug-likeness (QED) is 0.408. The molecule has 0 radical (unpaired) electrons. The van der Waals surface area contributed by atoms with Gasteiger partial charge in [-0.3, -0.25) is 14.5 Å². The van der Waals surface area contributed by atoms with E-state index in [1.165, 1.54) is 17.7 Å². The molecular weight excluding hydrogens is 400 g/mol. The number of aromatic nitrogens is 1. The highest BCUT2D eigenvalue weighted by molar-refractivity contribution is 6.11. The fourth-order valence-corrected chi connectivity index (χ4v) is 3.74. The van der Waals surface area contributed by atoms with Crippen LogP contribution in [0.5, 0.6) is 0 Å². The zero-order valence-corrected chi connectivity index (χ0v) is 18.1. The highest BCUT2D eigenvalue weighted by Gasteiger charge is 2.09. The van der Waals surface area contributed by atoms with Crippen LogP contribution in [-0.2, 0) is 20.7 Å².